The molecule has 0 aliphatic carbocycles. The van der Waals surface area contributed by atoms with E-state index in [1.54, 1.807) is 6.08 Å². The topological polar surface area (TPSA) is 37.3 Å². The van der Waals surface area contributed by atoms with Gasteiger partial charge >= 0.3 is 5.97 Å². The number of hydrogen-bond donors (Lipinski definition) is 1. The van der Waals surface area contributed by atoms with Crippen LogP contribution in [0.3, 0.4) is 0 Å². The molecule has 0 heterocycles. The Morgan fingerprint density at radius 2 is 1.94 bits per heavy atom. The number of hydrogen-bond acceptors (Lipinski definition) is 1. The SMILES string of the molecule is CCc1ccc2ccc(C=CCC(=O)O)cc2c1. The van der Waals surface area contributed by atoms with E-state index < -0.39 is 5.97 Å². The van der Waals surface area contributed by atoms with Crippen LogP contribution in [0.1, 0.15) is 24.5 Å². The predicted molar refractivity (Wildman–Crippen MR) is 74.6 cm³/mol. The number of aryl methyl sites for hydroxylation is 1. The molecule has 0 fully saturated rings. The van der Waals surface area contributed by atoms with E-state index in [2.05, 4.69) is 37.3 Å². The predicted octanol–water partition coefficient (Wildman–Crippen LogP) is 3.89. The summed E-state index contributed by atoms with van der Waals surface area (Å²) in [6, 6.07) is 12.6. The molecule has 0 aliphatic heterocycles. The Balaban J connectivity index is 2.30. The zero-order valence-electron chi connectivity index (χ0n) is 10.4. The van der Waals surface area contributed by atoms with Crippen LogP contribution in [0.5, 0.6) is 0 Å². The average Bonchev–Trinajstić information content (AvgIpc) is 2.37. The highest BCUT2D eigenvalue weighted by molar-refractivity contribution is 5.85. The smallest absolute Gasteiger partial charge is 0.307 e. The van der Waals surface area contributed by atoms with Gasteiger partial charge in [0.15, 0.2) is 0 Å². The summed E-state index contributed by atoms with van der Waals surface area (Å²) >= 11 is 0. The molecule has 0 atom stereocenters. The molecule has 0 amide bonds. The average molecular weight is 240 g/mol. The molecule has 0 spiro atoms. The maximum absolute atomic E-state index is 10.4. The fraction of sp³-hybridized carbons (Fsp3) is 0.188. The molecule has 0 aliphatic rings. The van der Waals surface area contributed by atoms with Gasteiger partial charge in [-0.2, -0.15) is 0 Å². The molecule has 2 heteroatoms. The van der Waals surface area contributed by atoms with Crippen LogP contribution in [0.25, 0.3) is 16.8 Å². The zero-order chi connectivity index (χ0) is 13.0. The maximum Gasteiger partial charge on any atom is 0.307 e. The van der Waals surface area contributed by atoms with Gasteiger partial charge in [-0.1, -0.05) is 49.4 Å². The molecular weight excluding hydrogens is 224 g/mol. The van der Waals surface area contributed by atoms with E-state index in [9.17, 15) is 4.79 Å². The largest absolute Gasteiger partial charge is 0.481 e. The van der Waals surface area contributed by atoms with Crippen molar-refractivity contribution in [2.45, 2.75) is 19.8 Å². The summed E-state index contributed by atoms with van der Waals surface area (Å²) in [6.07, 6.45) is 4.61. The minimum absolute atomic E-state index is 0.0625. The number of aliphatic carboxylic acids is 1. The minimum atomic E-state index is -0.805. The third-order valence-corrected chi connectivity index (χ3v) is 2.94. The van der Waals surface area contributed by atoms with Crippen molar-refractivity contribution in [2.24, 2.45) is 0 Å². The van der Waals surface area contributed by atoms with Crippen molar-refractivity contribution in [3.05, 3.63) is 53.6 Å². The van der Waals surface area contributed by atoms with Crippen LogP contribution in [0.2, 0.25) is 0 Å². The van der Waals surface area contributed by atoms with Crippen molar-refractivity contribution in [3.63, 3.8) is 0 Å². The van der Waals surface area contributed by atoms with E-state index in [0.717, 1.165) is 12.0 Å². The van der Waals surface area contributed by atoms with Crippen LogP contribution in [0.4, 0.5) is 0 Å². The Morgan fingerprint density at radius 1 is 1.17 bits per heavy atom. The Labute approximate surface area is 107 Å². The first-order chi connectivity index (χ1) is 8.69. The normalized spacial score (nSPS) is 11.2. The van der Waals surface area contributed by atoms with Gasteiger partial charge in [0.25, 0.3) is 0 Å². The lowest BCUT2D eigenvalue weighted by molar-refractivity contribution is -0.135. The molecule has 0 saturated heterocycles. The van der Waals surface area contributed by atoms with Crippen molar-refractivity contribution in [1.82, 2.24) is 0 Å². The lowest BCUT2D eigenvalue weighted by Crippen LogP contribution is -1.89. The summed E-state index contributed by atoms with van der Waals surface area (Å²) in [5.41, 5.74) is 2.35. The van der Waals surface area contributed by atoms with Gasteiger partial charge in [-0.3, -0.25) is 4.79 Å². The number of fused-ring (bicyclic) bond motifs is 1. The van der Waals surface area contributed by atoms with E-state index in [1.807, 2.05) is 12.1 Å². The highest BCUT2D eigenvalue weighted by Crippen LogP contribution is 2.19. The number of carbonyl (C=O) groups is 1. The summed E-state index contributed by atoms with van der Waals surface area (Å²) in [5, 5.41) is 11.0. The van der Waals surface area contributed by atoms with Crippen LogP contribution in [0, 0.1) is 0 Å². The fourth-order valence-electron chi connectivity index (χ4n) is 1.93. The molecule has 0 saturated carbocycles. The molecule has 0 unspecified atom stereocenters. The van der Waals surface area contributed by atoms with Gasteiger partial charge in [-0.15, -0.1) is 0 Å². The van der Waals surface area contributed by atoms with E-state index in [1.165, 1.54) is 16.3 Å². The molecule has 2 aromatic rings. The molecule has 92 valence electrons. The number of carboxylic acid groups (broad SMARTS) is 1. The van der Waals surface area contributed by atoms with Gasteiger partial charge in [0, 0.05) is 0 Å². The first kappa shape index (κ1) is 12.4. The van der Waals surface area contributed by atoms with Crippen molar-refractivity contribution in [3.8, 4) is 0 Å². The zero-order valence-corrected chi connectivity index (χ0v) is 10.4. The molecule has 18 heavy (non-hydrogen) atoms. The first-order valence-corrected chi connectivity index (χ1v) is 6.10. The molecule has 0 bridgehead atoms. The third-order valence-electron chi connectivity index (χ3n) is 2.94. The first-order valence-electron chi connectivity index (χ1n) is 6.10. The molecule has 1 N–H and O–H groups in total. The second-order valence-electron chi connectivity index (χ2n) is 4.29. The minimum Gasteiger partial charge on any atom is -0.481 e. The van der Waals surface area contributed by atoms with Crippen molar-refractivity contribution in [2.75, 3.05) is 0 Å². The van der Waals surface area contributed by atoms with Gasteiger partial charge in [-0.25, -0.2) is 0 Å². The van der Waals surface area contributed by atoms with Crippen molar-refractivity contribution >= 4 is 22.8 Å². The molecule has 0 aromatic heterocycles. The number of carboxylic acids is 1. The van der Waals surface area contributed by atoms with E-state index in [0.29, 0.717) is 0 Å². The van der Waals surface area contributed by atoms with Crippen LogP contribution >= 0.6 is 0 Å². The quantitative estimate of drug-likeness (QED) is 0.880. The highest BCUT2D eigenvalue weighted by atomic mass is 16.4. The molecule has 2 aromatic carbocycles. The maximum atomic E-state index is 10.4. The Bertz CT molecular complexity index is 597. The van der Waals surface area contributed by atoms with E-state index >= 15 is 0 Å². The lowest BCUT2D eigenvalue weighted by atomic mass is 10.0. The summed E-state index contributed by atoms with van der Waals surface area (Å²) in [6.45, 7) is 2.14. The Kier molecular flexibility index (Phi) is 3.78. The molecule has 2 nitrogen and oxygen atoms in total. The van der Waals surface area contributed by atoms with Crippen LogP contribution in [-0.4, -0.2) is 11.1 Å². The monoisotopic (exact) mass is 240 g/mol. The van der Waals surface area contributed by atoms with E-state index in [-0.39, 0.29) is 6.42 Å². The second kappa shape index (κ2) is 5.50. The number of rotatable bonds is 4. The highest BCUT2D eigenvalue weighted by Gasteiger charge is 1.97. The summed E-state index contributed by atoms with van der Waals surface area (Å²) in [7, 11) is 0. The third kappa shape index (κ3) is 2.98. The Morgan fingerprint density at radius 3 is 2.67 bits per heavy atom. The van der Waals surface area contributed by atoms with Gasteiger partial charge < -0.3 is 5.11 Å². The van der Waals surface area contributed by atoms with Crippen molar-refractivity contribution < 1.29 is 9.90 Å². The van der Waals surface area contributed by atoms with Crippen molar-refractivity contribution in [1.29, 1.82) is 0 Å². The molecule has 2 rings (SSSR count). The summed E-state index contributed by atoms with van der Waals surface area (Å²) in [5.74, 6) is -0.805. The molecule has 0 radical (unpaired) electrons. The molecular formula is C16H16O2. The van der Waals surface area contributed by atoms with Crippen LogP contribution < -0.4 is 0 Å². The fourth-order valence-corrected chi connectivity index (χ4v) is 1.93. The summed E-state index contributed by atoms with van der Waals surface area (Å²) in [4.78, 5) is 10.4. The van der Waals surface area contributed by atoms with Gasteiger partial charge in [-0.05, 0) is 34.4 Å². The van der Waals surface area contributed by atoms with Crippen LogP contribution in [-0.2, 0) is 11.2 Å². The number of benzene rings is 2. The summed E-state index contributed by atoms with van der Waals surface area (Å²) < 4.78 is 0. The lowest BCUT2D eigenvalue weighted by Gasteiger charge is -2.02. The standard InChI is InChI=1S/C16H16O2/c1-2-12-6-8-14-9-7-13(11-15(14)10-12)4-3-5-16(17)18/h3-4,6-11H,2,5H2,1H3,(H,17,18). The van der Waals surface area contributed by atoms with Gasteiger partial charge in [0.2, 0.25) is 0 Å². The van der Waals surface area contributed by atoms with E-state index in [4.69, 9.17) is 5.11 Å². The Hall–Kier alpha value is -2.09. The van der Waals surface area contributed by atoms with Crippen LogP contribution in [0.15, 0.2) is 42.5 Å². The van der Waals surface area contributed by atoms with Gasteiger partial charge in [0.05, 0.1) is 6.42 Å². The van der Waals surface area contributed by atoms with Gasteiger partial charge in [0.1, 0.15) is 0 Å². The second-order valence-corrected chi connectivity index (χ2v) is 4.29.